The van der Waals surface area contributed by atoms with Crippen LogP contribution in [0.2, 0.25) is 0 Å². The van der Waals surface area contributed by atoms with Crippen LogP contribution in [0.3, 0.4) is 0 Å². The second-order valence-corrected chi connectivity index (χ2v) is 14.0. The zero-order valence-electron chi connectivity index (χ0n) is 29.2. The van der Waals surface area contributed by atoms with Gasteiger partial charge in [-0.1, -0.05) is 59.1 Å². The number of nitrogens with zero attached hydrogens (tertiary/aromatic N) is 2. The third-order valence-corrected chi connectivity index (χ3v) is 9.66. The number of Topliss-reactive ketones (excluding diaryl/α,β-unsaturated/α-hetero) is 1. The summed E-state index contributed by atoms with van der Waals surface area (Å²) in [5.41, 5.74) is 0.685. The molecule has 0 amide bonds. The predicted molar refractivity (Wildman–Crippen MR) is 199 cm³/mol. The van der Waals surface area contributed by atoms with E-state index in [0.717, 1.165) is 32.9 Å². The lowest BCUT2D eigenvalue weighted by molar-refractivity contribution is -0.254. The molecule has 1 unspecified atom stereocenters. The number of carbonyl (C=O) groups is 1. The number of fused-ring (bicyclic) bond motifs is 2. The van der Waals surface area contributed by atoms with Crippen LogP contribution in [0, 0.1) is 0 Å². The van der Waals surface area contributed by atoms with Crippen LogP contribution in [0.5, 0.6) is 33.4 Å². The number of hydrogen-bond donors (Lipinski definition) is 1. The zero-order valence-corrected chi connectivity index (χ0v) is 30.8. The molecule has 13 heteroatoms. The average Bonchev–Trinajstić information content (AvgIpc) is 3.71. The SMILES string of the molecule is CCOc1cc(CCC(C)(O)C(F)(F)F)ccc1Oc1nc2ccccc2s1.CCOc1cc(CCC(C)=O)ccc1Oc1nc2ccccc2s1. The van der Waals surface area contributed by atoms with E-state index in [1.54, 1.807) is 25.1 Å². The molecule has 0 spiro atoms. The van der Waals surface area contributed by atoms with E-state index in [4.69, 9.17) is 18.9 Å². The first kappa shape index (κ1) is 38.5. The van der Waals surface area contributed by atoms with Gasteiger partial charge in [-0.05, 0) is 107 Å². The third-order valence-electron chi connectivity index (χ3n) is 7.84. The van der Waals surface area contributed by atoms with Gasteiger partial charge in [0.1, 0.15) is 5.78 Å². The molecular weight excluding hydrogens is 714 g/mol. The molecule has 6 aromatic rings. The van der Waals surface area contributed by atoms with Crippen LogP contribution in [-0.2, 0) is 17.6 Å². The summed E-state index contributed by atoms with van der Waals surface area (Å²) in [5, 5.41) is 10.7. The number of benzene rings is 4. The molecule has 0 fully saturated rings. The third kappa shape index (κ3) is 10.2. The van der Waals surface area contributed by atoms with Gasteiger partial charge in [0.15, 0.2) is 28.6 Å². The van der Waals surface area contributed by atoms with Gasteiger partial charge in [-0.3, -0.25) is 0 Å². The lowest BCUT2D eigenvalue weighted by atomic mass is 9.96. The van der Waals surface area contributed by atoms with Crippen molar-refractivity contribution in [3.8, 4) is 33.4 Å². The largest absolute Gasteiger partial charge is 0.490 e. The van der Waals surface area contributed by atoms with Crippen LogP contribution in [0.1, 0.15) is 51.7 Å². The maximum absolute atomic E-state index is 12.8. The Labute approximate surface area is 307 Å². The predicted octanol–water partition coefficient (Wildman–Crippen LogP) is 10.7. The van der Waals surface area contributed by atoms with Crippen LogP contribution >= 0.6 is 22.7 Å². The first-order chi connectivity index (χ1) is 24.8. The molecule has 0 radical (unpaired) electrons. The van der Waals surface area contributed by atoms with Gasteiger partial charge in [0, 0.05) is 6.42 Å². The van der Waals surface area contributed by atoms with E-state index in [2.05, 4.69) is 9.97 Å². The summed E-state index contributed by atoms with van der Waals surface area (Å²) in [6.07, 6.45) is -3.83. The first-order valence-electron chi connectivity index (χ1n) is 16.7. The number of ketones is 1. The van der Waals surface area contributed by atoms with Gasteiger partial charge in [0.2, 0.25) is 0 Å². The molecule has 0 aliphatic heterocycles. The highest BCUT2D eigenvalue weighted by atomic mass is 32.1. The highest BCUT2D eigenvalue weighted by Gasteiger charge is 2.49. The van der Waals surface area contributed by atoms with E-state index in [9.17, 15) is 23.1 Å². The minimum Gasteiger partial charge on any atom is -0.490 e. The lowest BCUT2D eigenvalue weighted by Crippen LogP contribution is -2.42. The second kappa shape index (κ2) is 17.2. The molecule has 6 rings (SSSR count). The van der Waals surface area contributed by atoms with Crippen LogP contribution < -0.4 is 18.9 Å². The Morgan fingerprint density at radius 1 is 0.712 bits per heavy atom. The summed E-state index contributed by atoms with van der Waals surface area (Å²) in [7, 11) is 0. The monoisotopic (exact) mass is 752 g/mol. The fourth-order valence-electron chi connectivity index (χ4n) is 4.95. The van der Waals surface area contributed by atoms with E-state index >= 15 is 0 Å². The van der Waals surface area contributed by atoms with Crippen molar-refractivity contribution in [2.75, 3.05) is 13.2 Å². The average molecular weight is 753 g/mol. The molecule has 52 heavy (non-hydrogen) atoms. The second-order valence-electron chi connectivity index (χ2n) is 12.0. The molecule has 2 aromatic heterocycles. The molecule has 0 aliphatic carbocycles. The summed E-state index contributed by atoms with van der Waals surface area (Å²) in [6.45, 7) is 7.05. The molecule has 0 saturated carbocycles. The quantitative estimate of drug-likeness (QED) is 0.117. The molecule has 0 aliphatic rings. The molecule has 1 N–H and O–H groups in total. The van der Waals surface area contributed by atoms with Crippen molar-refractivity contribution in [2.24, 2.45) is 0 Å². The number of ether oxygens (including phenoxy) is 4. The minimum atomic E-state index is -4.67. The lowest BCUT2D eigenvalue weighted by Gasteiger charge is -2.26. The van der Waals surface area contributed by atoms with Crippen molar-refractivity contribution in [2.45, 2.75) is 65.2 Å². The summed E-state index contributed by atoms with van der Waals surface area (Å²) in [4.78, 5) is 20.1. The van der Waals surface area contributed by atoms with Gasteiger partial charge in [0.05, 0.1) is 33.6 Å². The number of aryl methyl sites for hydroxylation is 2. The number of halogens is 3. The Morgan fingerprint density at radius 2 is 1.17 bits per heavy atom. The van der Waals surface area contributed by atoms with Gasteiger partial charge in [-0.15, -0.1) is 0 Å². The van der Waals surface area contributed by atoms with Crippen LogP contribution in [0.15, 0.2) is 84.9 Å². The maximum Gasteiger partial charge on any atom is 0.416 e. The number of para-hydroxylation sites is 2. The number of carbonyl (C=O) groups excluding carboxylic acids is 1. The summed E-state index contributed by atoms with van der Waals surface area (Å²) < 4.78 is 63.6. The number of aliphatic hydroxyl groups is 1. The fourth-order valence-corrected chi connectivity index (χ4v) is 6.61. The van der Waals surface area contributed by atoms with Gasteiger partial charge in [0.25, 0.3) is 10.4 Å². The molecule has 2 heterocycles. The topological polar surface area (TPSA) is 100 Å². The standard InChI is InChI=1S/C20H20F3NO3S.C19H19NO3S/c1-3-26-16-12-13(10-11-19(2,25)20(21,22)23)8-9-15(16)27-18-24-14-6-4-5-7-17(14)28-18;1-3-22-17-12-14(9-8-13(2)21)10-11-16(17)23-19-20-15-6-4-5-7-18(15)24-19/h4-9,12,25H,3,10-11H2,1-2H3;4-7,10-12H,3,8-9H2,1-2H3. The zero-order chi connectivity index (χ0) is 37.3. The van der Waals surface area contributed by atoms with E-state index in [-0.39, 0.29) is 12.2 Å². The number of hydrogen-bond acceptors (Lipinski definition) is 10. The number of alkyl halides is 3. The van der Waals surface area contributed by atoms with Gasteiger partial charge in [-0.2, -0.15) is 13.2 Å². The number of aromatic nitrogens is 2. The van der Waals surface area contributed by atoms with E-state index in [1.165, 1.54) is 22.7 Å². The van der Waals surface area contributed by atoms with Crippen molar-refractivity contribution in [3.05, 3.63) is 96.1 Å². The molecule has 0 bridgehead atoms. The van der Waals surface area contributed by atoms with Crippen molar-refractivity contribution in [1.82, 2.24) is 9.97 Å². The Hall–Kier alpha value is -4.72. The number of rotatable bonds is 14. The molecule has 274 valence electrons. The van der Waals surface area contributed by atoms with Crippen LogP contribution in [0.4, 0.5) is 13.2 Å². The van der Waals surface area contributed by atoms with E-state index in [1.807, 2.05) is 80.6 Å². The highest BCUT2D eigenvalue weighted by Crippen LogP contribution is 2.39. The summed E-state index contributed by atoms with van der Waals surface area (Å²) in [6, 6.07) is 26.3. The van der Waals surface area contributed by atoms with Crippen LogP contribution in [-0.4, -0.2) is 45.8 Å². The maximum atomic E-state index is 12.8. The van der Waals surface area contributed by atoms with E-state index in [0.29, 0.717) is 65.0 Å². The van der Waals surface area contributed by atoms with Gasteiger partial charge in [-0.25, -0.2) is 9.97 Å². The van der Waals surface area contributed by atoms with Crippen molar-refractivity contribution >= 4 is 48.9 Å². The minimum absolute atomic E-state index is 0.0496. The summed E-state index contributed by atoms with van der Waals surface area (Å²) in [5.74, 6) is 2.36. The van der Waals surface area contributed by atoms with Crippen molar-refractivity contribution in [1.29, 1.82) is 0 Å². The Kier molecular flexibility index (Phi) is 12.7. The molecule has 1 atom stereocenters. The fraction of sp³-hybridized carbons (Fsp3) is 0.308. The van der Waals surface area contributed by atoms with Gasteiger partial charge < -0.3 is 28.8 Å². The van der Waals surface area contributed by atoms with Crippen molar-refractivity contribution in [3.63, 3.8) is 0 Å². The Bertz CT molecular complexity index is 2050. The normalized spacial score (nSPS) is 12.5. The van der Waals surface area contributed by atoms with Crippen LogP contribution in [0.25, 0.3) is 20.4 Å². The Morgan fingerprint density at radius 3 is 1.60 bits per heavy atom. The number of thiazole rings is 2. The summed E-state index contributed by atoms with van der Waals surface area (Å²) >= 11 is 2.90. The smallest absolute Gasteiger partial charge is 0.416 e. The Balaban J connectivity index is 0.000000203. The molecule has 0 saturated heterocycles. The van der Waals surface area contributed by atoms with Gasteiger partial charge >= 0.3 is 6.18 Å². The first-order valence-corrected chi connectivity index (χ1v) is 18.3. The van der Waals surface area contributed by atoms with E-state index < -0.39 is 18.2 Å². The molecule has 8 nitrogen and oxygen atoms in total. The molecular formula is C39H39F3N2O6S2. The highest BCUT2D eigenvalue weighted by molar-refractivity contribution is 7.20. The van der Waals surface area contributed by atoms with Crippen molar-refractivity contribution < 1.29 is 42.0 Å². The molecule has 4 aromatic carbocycles.